The third kappa shape index (κ3) is 4.00. The molecule has 0 saturated carbocycles. The molecule has 0 aromatic heterocycles. The van der Waals surface area contributed by atoms with E-state index in [1.165, 1.54) is 16.7 Å². The Kier molecular flexibility index (Phi) is 5.38. The second-order valence-corrected chi connectivity index (χ2v) is 7.21. The summed E-state index contributed by atoms with van der Waals surface area (Å²) in [5, 5.41) is 0. The van der Waals surface area contributed by atoms with E-state index in [1.54, 1.807) is 14.2 Å². The first-order valence-electron chi connectivity index (χ1n) is 8.28. The smallest absolute Gasteiger partial charge is 0.122 e. The van der Waals surface area contributed by atoms with E-state index in [4.69, 9.17) is 9.47 Å². The van der Waals surface area contributed by atoms with Gasteiger partial charge in [0.25, 0.3) is 0 Å². The number of aryl methyl sites for hydroxylation is 1. The van der Waals surface area contributed by atoms with E-state index < -0.39 is 0 Å². The van der Waals surface area contributed by atoms with Crippen molar-refractivity contribution in [3.8, 4) is 11.5 Å². The molecule has 0 aliphatic rings. The predicted octanol–water partition coefficient (Wildman–Crippen LogP) is 5.79. The Balaban J connectivity index is 2.38. The van der Waals surface area contributed by atoms with Crippen molar-refractivity contribution >= 4 is 12.2 Å². The molecule has 0 heterocycles. The van der Waals surface area contributed by atoms with Crippen molar-refractivity contribution in [1.82, 2.24) is 0 Å². The van der Waals surface area contributed by atoms with Crippen LogP contribution in [0.4, 0.5) is 0 Å². The van der Waals surface area contributed by atoms with Crippen LogP contribution < -0.4 is 9.47 Å². The van der Waals surface area contributed by atoms with Crippen LogP contribution in [0.5, 0.6) is 11.5 Å². The average Bonchev–Trinajstić information content (AvgIpc) is 2.54. The molecule has 0 bridgehead atoms. The van der Waals surface area contributed by atoms with Crippen LogP contribution in [0, 0.1) is 13.8 Å². The highest BCUT2D eigenvalue weighted by Crippen LogP contribution is 2.32. The van der Waals surface area contributed by atoms with Gasteiger partial charge < -0.3 is 9.47 Å². The van der Waals surface area contributed by atoms with E-state index in [1.807, 2.05) is 6.07 Å². The molecule has 0 radical (unpaired) electrons. The van der Waals surface area contributed by atoms with Crippen molar-refractivity contribution in [2.24, 2.45) is 0 Å². The molecule has 2 nitrogen and oxygen atoms in total. The maximum absolute atomic E-state index is 5.51. The van der Waals surface area contributed by atoms with Gasteiger partial charge in [0.15, 0.2) is 0 Å². The fourth-order valence-corrected chi connectivity index (χ4v) is 2.77. The standard InChI is InChI=1S/C22H28O2/c1-15-12-18(14-21(24-7)16(15)2)9-8-17-10-11-20(23-6)19(13-17)22(3,4)5/h8-14H,1-7H3/b9-8-. The van der Waals surface area contributed by atoms with Gasteiger partial charge >= 0.3 is 0 Å². The molecule has 0 spiro atoms. The quantitative estimate of drug-likeness (QED) is 0.663. The Morgan fingerprint density at radius 2 is 1.42 bits per heavy atom. The predicted molar refractivity (Wildman–Crippen MR) is 103 cm³/mol. The summed E-state index contributed by atoms with van der Waals surface area (Å²) in [4.78, 5) is 0. The lowest BCUT2D eigenvalue weighted by atomic mass is 9.85. The van der Waals surface area contributed by atoms with Crippen molar-refractivity contribution in [3.63, 3.8) is 0 Å². The molecule has 0 unspecified atom stereocenters. The summed E-state index contributed by atoms with van der Waals surface area (Å²) in [6, 6.07) is 10.6. The van der Waals surface area contributed by atoms with Gasteiger partial charge in [-0.2, -0.15) is 0 Å². The maximum atomic E-state index is 5.51. The first kappa shape index (κ1) is 18.1. The normalized spacial score (nSPS) is 11.8. The van der Waals surface area contributed by atoms with E-state index in [9.17, 15) is 0 Å². The summed E-state index contributed by atoms with van der Waals surface area (Å²) in [5.74, 6) is 1.87. The van der Waals surface area contributed by atoms with Crippen LogP contribution in [0.25, 0.3) is 12.2 Å². The molecule has 2 aromatic carbocycles. The SMILES string of the molecule is COc1ccc(/C=C\c2cc(C)c(C)c(OC)c2)cc1C(C)(C)C. The van der Waals surface area contributed by atoms with Gasteiger partial charge in [-0.3, -0.25) is 0 Å². The Labute approximate surface area is 146 Å². The zero-order valence-corrected chi connectivity index (χ0v) is 15.9. The second-order valence-electron chi connectivity index (χ2n) is 7.21. The van der Waals surface area contributed by atoms with Gasteiger partial charge in [-0.25, -0.2) is 0 Å². The monoisotopic (exact) mass is 324 g/mol. The zero-order valence-electron chi connectivity index (χ0n) is 15.9. The molecule has 2 rings (SSSR count). The summed E-state index contributed by atoms with van der Waals surface area (Å²) in [6.45, 7) is 10.8. The Bertz CT molecular complexity index is 749. The molecular formula is C22H28O2. The van der Waals surface area contributed by atoms with Crippen molar-refractivity contribution < 1.29 is 9.47 Å². The lowest BCUT2D eigenvalue weighted by Gasteiger charge is -2.22. The van der Waals surface area contributed by atoms with Gasteiger partial charge in [0.05, 0.1) is 14.2 Å². The fraction of sp³-hybridized carbons (Fsp3) is 0.364. The highest BCUT2D eigenvalue weighted by atomic mass is 16.5. The lowest BCUT2D eigenvalue weighted by Crippen LogP contribution is -2.12. The average molecular weight is 324 g/mol. The molecule has 0 aliphatic carbocycles. The minimum Gasteiger partial charge on any atom is -0.496 e. The van der Waals surface area contributed by atoms with Crippen LogP contribution in [0.15, 0.2) is 30.3 Å². The van der Waals surface area contributed by atoms with Gasteiger partial charge in [0.2, 0.25) is 0 Å². The highest BCUT2D eigenvalue weighted by Gasteiger charge is 2.18. The summed E-state index contributed by atoms with van der Waals surface area (Å²) >= 11 is 0. The third-order valence-corrected chi connectivity index (χ3v) is 4.36. The Hall–Kier alpha value is -2.22. The second kappa shape index (κ2) is 7.12. The third-order valence-electron chi connectivity index (χ3n) is 4.36. The largest absolute Gasteiger partial charge is 0.496 e. The first-order chi connectivity index (χ1) is 11.3. The van der Waals surface area contributed by atoms with Crippen LogP contribution in [-0.4, -0.2) is 14.2 Å². The number of rotatable bonds is 4. The maximum Gasteiger partial charge on any atom is 0.122 e. The van der Waals surface area contributed by atoms with Crippen LogP contribution in [-0.2, 0) is 5.41 Å². The first-order valence-corrected chi connectivity index (χ1v) is 8.28. The molecule has 0 aliphatic heterocycles. The summed E-state index contributed by atoms with van der Waals surface area (Å²) in [7, 11) is 3.44. The van der Waals surface area contributed by atoms with Crippen LogP contribution >= 0.6 is 0 Å². The van der Waals surface area contributed by atoms with E-state index in [0.717, 1.165) is 22.6 Å². The molecule has 0 saturated heterocycles. The van der Waals surface area contributed by atoms with Crippen LogP contribution in [0.1, 0.15) is 48.6 Å². The summed E-state index contributed by atoms with van der Waals surface area (Å²) < 4.78 is 11.0. The molecular weight excluding hydrogens is 296 g/mol. The Morgan fingerprint density at radius 1 is 0.792 bits per heavy atom. The molecule has 0 amide bonds. The van der Waals surface area contributed by atoms with Gasteiger partial charge in [0.1, 0.15) is 11.5 Å². The van der Waals surface area contributed by atoms with Gasteiger partial charge in [-0.15, -0.1) is 0 Å². The highest BCUT2D eigenvalue weighted by molar-refractivity contribution is 5.72. The van der Waals surface area contributed by atoms with Crippen molar-refractivity contribution in [3.05, 3.63) is 58.1 Å². The number of hydrogen-bond acceptors (Lipinski definition) is 2. The van der Waals surface area contributed by atoms with E-state index in [2.05, 4.69) is 71.0 Å². The van der Waals surface area contributed by atoms with E-state index in [-0.39, 0.29) is 5.41 Å². The molecule has 24 heavy (non-hydrogen) atoms. The molecule has 0 N–H and O–H groups in total. The van der Waals surface area contributed by atoms with Crippen LogP contribution in [0.3, 0.4) is 0 Å². The summed E-state index contributed by atoms with van der Waals surface area (Å²) in [5.41, 5.74) is 5.98. The summed E-state index contributed by atoms with van der Waals surface area (Å²) in [6.07, 6.45) is 4.27. The molecule has 128 valence electrons. The molecule has 2 heteroatoms. The fourth-order valence-electron chi connectivity index (χ4n) is 2.77. The minimum absolute atomic E-state index is 0.0405. The lowest BCUT2D eigenvalue weighted by molar-refractivity contribution is 0.397. The zero-order chi connectivity index (χ0) is 17.9. The van der Waals surface area contributed by atoms with Crippen molar-refractivity contribution in [1.29, 1.82) is 0 Å². The van der Waals surface area contributed by atoms with Gasteiger partial charge in [0, 0.05) is 5.56 Å². The van der Waals surface area contributed by atoms with E-state index in [0.29, 0.717) is 0 Å². The number of ether oxygens (including phenoxy) is 2. The topological polar surface area (TPSA) is 18.5 Å². The number of benzene rings is 2. The minimum atomic E-state index is 0.0405. The van der Waals surface area contributed by atoms with Crippen molar-refractivity contribution in [2.45, 2.75) is 40.0 Å². The molecule has 0 atom stereocenters. The number of methoxy groups -OCH3 is 2. The van der Waals surface area contributed by atoms with Crippen molar-refractivity contribution in [2.75, 3.05) is 14.2 Å². The van der Waals surface area contributed by atoms with Gasteiger partial charge in [-0.1, -0.05) is 45.1 Å². The number of hydrogen-bond donors (Lipinski definition) is 0. The molecule has 2 aromatic rings. The molecule has 0 fully saturated rings. The van der Waals surface area contributed by atoms with Gasteiger partial charge in [-0.05, 0) is 59.7 Å². The van der Waals surface area contributed by atoms with E-state index >= 15 is 0 Å². The Morgan fingerprint density at radius 3 is 2.00 bits per heavy atom. The van der Waals surface area contributed by atoms with Crippen LogP contribution in [0.2, 0.25) is 0 Å².